The minimum atomic E-state index is 0.577. The highest BCUT2D eigenvalue weighted by Crippen LogP contribution is 2.39. The van der Waals surface area contributed by atoms with Crippen LogP contribution in [0.25, 0.3) is 0 Å². The first-order valence-corrected chi connectivity index (χ1v) is 6.32. The summed E-state index contributed by atoms with van der Waals surface area (Å²) in [7, 11) is 0. The average molecular weight is 227 g/mol. The first-order valence-electron chi connectivity index (χ1n) is 6.32. The zero-order chi connectivity index (χ0) is 11.8. The average Bonchev–Trinajstić information content (AvgIpc) is 2.88. The quantitative estimate of drug-likeness (QED) is 0.749. The van der Waals surface area contributed by atoms with Crippen molar-refractivity contribution in [2.24, 2.45) is 11.8 Å². The standard InChI is InChI=1S/C14H17N3/c15-7-10-4-5-13(6-14(10)16)17-8-11-2-1-3-12(11)9-17/h4-6,11-12H,1-3,8-9,16H2. The molecule has 3 nitrogen and oxygen atoms in total. The van der Waals surface area contributed by atoms with E-state index < -0.39 is 0 Å². The fourth-order valence-corrected chi connectivity index (χ4v) is 3.29. The number of nitrogen functional groups attached to an aromatic ring is 1. The predicted molar refractivity (Wildman–Crippen MR) is 68.6 cm³/mol. The largest absolute Gasteiger partial charge is 0.398 e. The van der Waals surface area contributed by atoms with Crippen LogP contribution < -0.4 is 10.6 Å². The first-order chi connectivity index (χ1) is 8.28. The lowest BCUT2D eigenvalue weighted by molar-refractivity contribution is 0.494. The Hall–Kier alpha value is -1.69. The molecule has 88 valence electrons. The van der Waals surface area contributed by atoms with Crippen molar-refractivity contribution in [2.75, 3.05) is 23.7 Å². The second-order valence-electron chi connectivity index (χ2n) is 5.24. The molecule has 2 N–H and O–H groups in total. The third-order valence-corrected chi connectivity index (χ3v) is 4.25. The van der Waals surface area contributed by atoms with Crippen molar-refractivity contribution in [3.63, 3.8) is 0 Å². The van der Waals surface area contributed by atoms with Gasteiger partial charge < -0.3 is 10.6 Å². The third kappa shape index (κ3) is 1.74. The Morgan fingerprint density at radius 3 is 2.53 bits per heavy atom. The molecular formula is C14H17N3. The maximum atomic E-state index is 8.86. The number of nitriles is 1. The maximum Gasteiger partial charge on any atom is 0.101 e. The Morgan fingerprint density at radius 1 is 1.24 bits per heavy atom. The molecule has 2 unspecified atom stereocenters. The van der Waals surface area contributed by atoms with Gasteiger partial charge in [-0.25, -0.2) is 0 Å². The summed E-state index contributed by atoms with van der Waals surface area (Å²) in [4.78, 5) is 2.42. The summed E-state index contributed by atoms with van der Waals surface area (Å²) in [6.45, 7) is 2.33. The van der Waals surface area contributed by atoms with Gasteiger partial charge >= 0.3 is 0 Å². The van der Waals surface area contributed by atoms with E-state index in [1.54, 1.807) is 0 Å². The highest BCUT2D eigenvalue weighted by molar-refractivity contribution is 5.64. The lowest BCUT2D eigenvalue weighted by Crippen LogP contribution is -2.20. The summed E-state index contributed by atoms with van der Waals surface area (Å²) in [5, 5.41) is 8.86. The number of nitrogens with two attached hydrogens (primary N) is 1. The van der Waals surface area contributed by atoms with Gasteiger partial charge in [0.1, 0.15) is 6.07 Å². The topological polar surface area (TPSA) is 53.0 Å². The van der Waals surface area contributed by atoms with Crippen LogP contribution in [0.5, 0.6) is 0 Å². The molecule has 0 aromatic heterocycles. The molecule has 2 aliphatic rings. The maximum absolute atomic E-state index is 8.86. The van der Waals surface area contributed by atoms with Crippen LogP contribution >= 0.6 is 0 Å². The molecule has 3 rings (SSSR count). The normalized spacial score (nSPS) is 26.9. The molecule has 3 heteroatoms. The van der Waals surface area contributed by atoms with Gasteiger partial charge in [0.2, 0.25) is 0 Å². The second-order valence-corrected chi connectivity index (χ2v) is 5.24. The lowest BCUT2D eigenvalue weighted by atomic mass is 10.0. The van der Waals surface area contributed by atoms with Gasteiger partial charge in [0.25, 0.3) is 0 Å². The SMILES string of the molecule is N#Cc1ccc(N2CC3CCCC3C2)cc1N. The van der Waals surface area contributed by atoms with E-state index in [1.165, 1.54) is 24.9 Å². The van der Waals surface area contributed by atoms with E-state index >= 15 is 0 Å². The summed E-state index contributed by atoms with van der Waals surface area (Å²) in [5.41, 5.74) is 8.22. The molecule has 2 atom stereocenters. The zero-order valence-electron chi connectivity index (χ0n) is 9.89. The van der Waals surface area contributed by atoms with Crippen molar-refractivity contribution in [2.45, 2.75) is 19.3 Å². The van der Waals surface area contributed by atoms with E-state index in [4.69, 9.17) is 11.0 Å². The molecule has 1 aromatic rings. The number of nitrogens with zero attached hydrogens (tertiary/aromatic N) is 2. The Balaban J connectivity index is 1.82. The van der Waals surface area contributed by atoms with Crippen LogP contribution in [0.2, 0.25) is 0 Å². The number of hydrogen-bond acceptors (Lipinski definition) is 3. The Kier molecular flexibility index (Phi) is 2.44. The van der Waals surface area contributed by atoms with Crippen LogP contribution in [0.3, 0.4) is 0 Å². The van der Waals surface area contributed by atoms with Gasteiger partial charge in [0, 0.05) is 18.8 Å². The fraction of sp³-hybridized carbons (Fsp3) is 0.500. The molecule has 0 bridgehead atoms. The molecule has 0 amide bonds. The van der Waals surface area contributed by atoms with E-state index in [-0.39, 0.29) is 0 Å². The van der Waals surface area contributed by atoms with Crippen molar-refractivity contribution in [3.05, 3.63) is 23.8 Å². The van der Waals surface area contributed by atoms with Crippen LogP contribution in [0.1, 0.15) is 24.8 Å². The van der Waals surface area contributed by atoms with Crippen LogP contribution in [0.15, 0.2) is 18.2 Å². The lowest BCUT2D eigenvalue weighted by Gasteiger charge is -2.20. The summed E-state index contributed by atoms with van der Waals surface area (Å²) in [5.74, 6) is 1.76. The van der Waals surface area contributed by atoms with E-state index in [2.05, 4.69) is 11.0 Å². The van der Waals surface area contributed by atoms with Gasteiger partial charge in [-0.3, -0.25) is 0 Å². The summed E-state index contributed by atoms with van der Waals surface area (Å²) >= 11 is 0. The Bertz CT molecular complexity index is 463. The minimum Gasteiger partial charge on any atom is -0.398 e. The van der Waals surface area contributed by atoms with Gasteiger partial charge in [0.05, 0.1) is 11.3 Å². The van der Waals surface area contributed by atoms with Crippen LogP contribution in [-0.4, -0.2) is 13.1 Å². The first kappa shape index (κ1) is 10.5. The van der Waals surface area contributed by atoms with E-state index in [0.717, 1.165) is 24.9 Å². The number of anilines is 2. The number of hydrogen-bond donors (Lipinski definition) is 1. The molecule has 0 radical (unpaired) electrons. The van der Waals surface area contributed by atoms with Crippen molar-refractivity contribution < 1.29 is 0 Å². The highest BCUT2D eigenvalue weighted by atomic mass is 15.2. The number of fused-ring (bicyclic) bond motifs is 1. The van der Waals surface area contributed by atoms with Crippen molar-refractivity contribution in [3.8, 4) is 6.07 Å². The zero-order valence-corrected chi connectivity index (χ0v) is 9.89. The number of rotatable bonds is 1. The van der Waals surface area contributed by atoms with Crippen LogP contribution in [-0.2, 0) is 0 Å². The Morgan fingerprint density at radius 2 is 1.94 bits per heavy atom. The second kappa shape index (κ2) is 3.96. The molecule has 1 aliphatic carbocycles. The van der Waals surface area contributed by atoms with Gasteiger partial charge in [0.15, 0.2) is 0 Å². The number of benzene rings is 1. The summed E-state index contributed by atoms with van der Waals surface area (Å²) in [6, 6.07) is 7.91. The van der Waals surface area contributed by atoms with Gasteiger partial charge in [-0.15, -0.1) is 0 Å². The predicted octanol–water partition coefficient (Wildman–Crippen LogP) is 2.38. The monoisotopic (exact) mass is 227 g/mol. The minimum absolute atomic E-state index is 0.577. The smallest absolute Gasteiger partial charge is 0.101 e. The molecule has 17 heavy (non-hydrogen) atoms. The van der Waals surface area contributed by atoms with Crippen LogP contribution in [0, 0.1) is 23.2 Å². The molecule has 1 aromatic carbocycles. The van der Waals surface area contributed by atoms with Crippen molar-refractivity contribution in [1.29, 1.82) is 5.26 Å². The molecular weight excluding hydrogens is 210 g/mol. The van der Waals surface area contributed by atoms with Gasteiger partial charge in [-0.1, -0.05) is 6.42 Å². The van der Waals surface area contributed by atoms with E-state index in [1.807, 2.05) is 18.2 Å². The van der Waals surface area contributed by atoms with E-state index in [9.17, 15) is 0 Å². The molecule has 2 fully saturated rings. The third-order valence-electron chi connectivity index (χ3n) is 4.25. The fourth-order valence-electron chi connectivity index (χ4n) is 3.29. The summed E-state index contributed by atoms with van der Waals surface area (Å²) in [6.07, 6.45) is 4.17. The summed E-state index contributed by atoms with van der Waals surface area (Å²) < 4.78 is 0. The van der Waals surface area contributed by atoms with Crippen molar-refractivity contribution >= 4 is 11.4 Å². The molecule has 1 heterocycles. The molecule has 1 saturated heterocycles. The molecule has 0 spiro atoms. The molecule has 1 aliphatic heterocycles. The van der Waals surface area contributed by atoms with Crippen molar-refractivity contribution in [1.82, 2.24) is 0 Å². The Labute approximate surface area is 102 Å². The highest BCUT2D eigenvalue weighted by Gasteiger charge is 2.36. The van der Waals surface area contributed by atoms with Gasteiger partial charge in [-0.05, 0) is 42.9 Å². The van der Waals surface area contributed by atoms with Crippen LogP contribution in [0.4, 0.5) is 11.4 Å². The van der Waals surface area contributed by atoms with Gasteiger partial charge in [-0.2, -0.15) is 5.26 Å². The van der Waals surface area contributed by atoms with E-state index in [0.29, 0.717) is 11.3 Å². The molecule has 1 saturated carbocycles.